The van der Waals surface area contributed by atoms with E-state index in [1.165, 1.54) is 4.90 Å². The van der Waals surface area contributed by atoms with E-state index in [0.717, 1.165) is 39.1 Å². The van der Waals surface area contributed by atoms with Gasteiger partial charge in [0.05, 0.1) is 11.8 Å². The molecule has 7 heteroatoms. The van der Waals surface area contributed by atoms with E-state index in [-0.39, 0.29) is 24.3 Å². The number of nitrogens with one attached hydrogen (secondary N) is 1. The molecule has 2 bridgehead atoms. The summed E-state index contributed by atoms with van der Waals surface area (Å²) in [5, 5.41) is 2.99. The maximum absolute atomic E-state index is 13.8. The van der Waals surface area contributed by atoms with Gasteiger partial charge in [-0.1, -0.05) is 67.1 Å². The lowest BCUT2D eigenvalue weighted by molar-refractivity contribution is -0.140. The molecule has 39 heavy (non-hydrogen) atoms. The van der Waals surface area contributed by atoms with E-state index in [9.17, 15) is 14.4 Å². The topological polar surface area (TPSA) is 66.5 Å². The summed E-state index contributed by atoms with van der Waals surface area (Å²) in [6, 6.07) is 21.3. The second kappa shape index (κ2) is 9.50. The lowest BCUT2D eigenvalue weighted by Crippen LogP contribution is -2.57. The predicted molar refractivity (Wildman–Crippen MR) is 153 cm³/mol. The Bertz CT molecular complexity index is 1400. The van der Waals surface area contributed by atoms with E-state index in [1.54, 1.807) is 0 Å². The van der Waals surface area contributed by atoms with Gasteiger partial charge in [-0.25, -0.2) is 0 Å². The fourth-order valence-corrected chi connectivity index (χ4v) is 7.86. The molecule has 3 aliphatic carbocycles. The number of rotatable bonds is 7. The van der Waals surface area contributed by atoms with E-state index < -0.39 is 21.6 Å². The van der Waals surface area contributed by atoms with Crippen molar-refractivity contribution in [3.05, 3.63) is 100 Å². The highest BCUT2D eigenvalue weighted by atomic mass is 35.5. The number of amides is 3. The van der Waals surface area contributed by atoms with E-state index in [1.807, 2.05) is 80.6 Å². The largest absolute Gasteiger partial charge is 0.326 e. The minimum Gasteiger partial charge on any atom is -0.326 e. The average molecular weight is 562 g/mol. The normalized spacial score (nSPS) is 26.3. The minimum absolute atomic E-state index is 0.0386. The van der Waals surface area contributed by atoms with Crippen molar-refractivity contribution < 1.29 is 14.4 Å². The van der Waals surface area contributed by atoms with Crippen LogP contribution in [0.2, 0.25) is 0 Å². The summed E-state index contributed by atoms with van der Waals surface area (Å²) in [5.74, 6) is -2.10. The maximum Gasteiger partial charge on any atom is 0.235 e. The molecule has 1 heterocycles. The van der Waals surface area contributed by atoms with Crippen molar-refractivity contribution in [2.24, 2.45) is 11.8 Å². The number of hydrogen-bond acceptors (Lipinski definition) is 3. The summed E-state index contributed by atoms with van der Waals surface area (Å²) in [6.45, 7) is 4.25. The Labute approximate surface area is 238 Å². The van der Waals surface area contributed by atoms with Crippen molar-refractivity contribution in [3.63, 3.8) is 0 Å². The lowest BCUT2D eigenvalue weighted by Gasteiger charge is -2.54. The van der Waals surface area contributed by atoms with Gasteiger partial charge in [-0.15, -0.1) is 23.2 Å². The zero-order valence-corrected chi connectivity index (χ0v) is 23.5. The molecule has 1 fully saturated rings. The van der Waals surface area contributed by atoms with Crippen LogP contribution in [-0.4, -0.2) is 29.2 Å². The van der Waals surface area contributed by atoms with Gasteiger partial charge in [0.15, 0.2) is 0 Å². The Balaban J connectivity index is 1.16. The van der Waals surface area contributed by atoms with Crippen LogP contribution >= 0.6 is 23.2 Å². The third-order valence-corrected chi connectivity index (χ3v) is 9.91. The number of hydrogen-bond donors (Lipinski definition) is 1. The number of carbonyl (C=O) groups is 3. The van der Waals surface area contributed by atoms with Crippen LogP contribution in [0.15, 0.2) is 66.7 Å². The van der Waals surface area contributed by atoms with Gasteiger partial charge in [-0.05, 0) is 66.1 Å². The first-order valence-corrected chi connectivity index (χ1v) is 14.2. The first-order chi connectivity index (χ1) is 18.7. The van der Waals surface area contributed by atoms with Gasteiger partial charge in [-0.2, -0.15) is 0 Å². The molecule has 3 amide bonds. The molecule has 0 spiro atoms. The van der Waals surface area contributed by atoms with Crippen LogP contribution in [0.4, 0.5) is 5.69 Å². The van der Waals surface area contributed by atoms with Crippen LogP contribution in [0.3, 0.4) is 0 Å². The quantitative estimate of drug-likeness (QED) is 0.206. The van der Waals surface area contributed by atoms with Gasteiger partial charge in [0, 0.05) is 18.7 Å². The molecular formula is C32H30Cl2N2O3. The van der Waals surface area contributed by atoms with Gasteiger partial charge < -0.3 is 5.32 Å². The van der Waals surface area contributed by atoms with Crippen LogP contribution in [0, 0.1) is 25.7 Å². The predicted octanol–water partition coefficient (Wildman–Crippen LogP) is 6.40. The third kappa shape index (κ3) is 3.77. The van der Waals surface area contributed by atoms with Gasteiger partial charge >= 0.3 is 0 Å². The van der Waals surface area contributed by atoms with Crippen LogP contribution in [-0.2, 0) is 24.1 Å². The fourth-order valence-electron chi connectivity index (χ4n) is 6.76. The number of carbonyl (C=O) groups excluding carboxylic acids is 3. The van der Waals surface area contributed by atoms with Crippen molar-refractivity contribution in [1.82, 2.24) is 4.90 Å². The minimum atomic E-state index is -1.15. The van der Waals surface area contributed by atoms with Gasteiger partial charge in [0.2, 0.25) is 17.7 Å². The molecule has 0 radical (unpaired) electrons. The number of aryl methyl sites for hydroxylation is 2. The summed E-state index contributed by atoms with van der Waals surface area (Å²) in [5.41, 5.74) is 6.16. The molecule has 200 valence electrons. The van der Waals surface area contributed by atoms with E-state index in [4.69, 9.17) is 23.2 Å². The Kier molecular flexibility index (Phi) is 6.35. The molecule has 0 aromatic heterocycles. The van der Waals surface area contributed by atoms with Gasteiger partial charge in [0.25, 0.3) is 0 Å². The summed E-state index contributed by atoms with van der Waals surface area (Å²) < 4.78 is 0. The van der Waals surface area contributed by atoms with E-state index in [2.05, 4.69) is 5.32 Å². The lowest BCUT2D eigenvalue weighted by atomic mass is 9.54. The van der Waals surface area contributed by atoms with E-state index >= 15 is 0 Å². The zero-order valence-electron chi connectivity index (χ0n) is 22.0. The standard InChI is InChI=1S/C32H30Cl2N2O3/c1-19-15-16-20(2)25(18-19)35-26(37)14-4-3-9-17-36-29(38)27-28(30(36)39)32(34)22-11-6-5-10-21(22)31(27,33)23-12-7-8-13-24(23)32/h5-8,10-13,15-16,18,27-28H,3-4,9,14,17H2,1-2H3,(H,35,37)/t27-,28-,31?,32?/m1/s1. The summed E-state index contributed by atoms with van der Waals surface area (Å²) in [4.78, 5) is 39.2. The first-order valence-electron chi connectivity index (χ1n) is 13.5. The van der Waals surface area contributed by atoms with Crippen LogP contribution < -0.4 is 5.32 Å². The van der Waals surface area contributed by atoms with Crippen molar-refractivity contribution in [2.45, 2.75) is 49.3 Å². The van der Waals surface area contributed by atoms with Crippen molar-refractivity contribution >= 4 is 46.6 Å². The number of likely N-dealkylation sites (tertiary alicyclic amines) is 1. The SMILES string of the molecule is Cc1ccc(C)c(NC(=O)CCCCCN2C(=O)[C@H]3[C@H](C2=O)C2(Cl)c4ccccc4C3(Cl)c3ccccc32)c1. The van der Waals surface area contributed by atoms with E-state index in [0.29, 0.717) is 25.7 Å². The highest BCUT2D eigenvalue weighted by Crippen LogP contribution is 2.69. The highest BCUT2D eigenvalue weighted by molar-refractivity contribution is 6.36. The number of nitrogens with zero attached hydrogens (tertiary/aromatic N) is 1. The Morgan fingerprint density at radius 1 is 0.795 bits per heavy atom. The molecular weight excluding hydrogens is 531 g/mol. The van der Waals surface area contributed by atoms with Gasteiger partial charge in [-0.3, -0.25) is 19.3 Å². The molecule has 0 unspecified atom stereocenters. The second-order valence-corrected chi connectivity index (χ2v) is 12.2. The first kappa shape index (κ1) is 26.1. The number of imide groups is 1. The van der Waals surface area contributed by atoms with Crippen molar-refractivity contribution in [2.75, 3.05) is 11.9 Å². The number of benzene rings is 3. The maximum atomic E-state index is 13.8. The van der Waals surface area contributed by atoms with Crippen molar-refractivity contribution in [1.29, 1.82) is 0 Å². The monoisotopic (exact) mass is 560 g/mol. The molecule has 1 saturated heterocycles. The summed E-state index contributed by atoms with van der Waals surface area (Å²) in [6.07, 6.45) is 2.36. The fraction of sp³-hybridized carbons (Fsp3) is 0.344. The Hall–Kier alpha value is -3.15. The molecule has 1 N–H and O–H groups in total. The number of alkyl halides is 2. The Morgan fingerprint density at radius 3 is 1.82 bits per heavy atom. The zero-order chi connectivity index (χ0) is 27.5. The summed E-state index contributed by atoms with van der Waals surface area (Å²) in [7, 11) is 0. The second-order valence-electron chi connectivity index (χ2n) is 11.0. The summed E-state index contributed by atoms with van der Waals surface area (Å²) >= 11 is 14.9. The molecule has 0 saturated carbocycles. The highest BCUT2D eigenvalue weighted by Gasteiger charge is 2.72. The van der Waals surface area contributed by atoms with Crippen LogP contribution in [0.5, 0.6) is 0 Å². The molecule has 1 aliphatic heterocycles. The third-order valence-electron chi connectivity index (χ3n) is 8.63. The average Bonchev–Trinajstić information content (AvgIpc) is 3.19. The van der Waals surface area contributed by atoms with Gasteiger partial charge in [0.1, 0.15) is 9.75 Å². The number of unbranched alkanes of at least 4 members (excludes halogenated alkanes) is 2. The van der Waals surface area contributed by atoms with Crippen LogP contribution in [0.25, 0.3) is 0 Å². The van der Waals surface area contributed by atoms with Crippen LogP contribution in [0.1, 0.15) is 59.1 Å². The molecule has 3 aromatic carbocycles. The number of halogens is 2. The molecule has 7 rings (SSSR count). The molecule has 2 atom stereocenters. The smallest absolute Gasteiger partial charge is 0.235 e. The molecule has 4 aliphatic rings. The van der Waals surface area contributed by atoms with Crippen molar-refractivity contribution in [3.8, 4) is 0 Å². The molecule has 3 aromatic rings. The number of anilines is 1. The molecule has 5 nitrogen and oxygen atoms in total. The Morgan fingerprint density at radius 2 is 1.31 bits per heavy atom.